The number of halogens is 1. The molecule has 0 aromatic heterocycles. The third-order valence-corrected chi connectivity index (χ3v) is 2.83. The largest absolute Gasteiger partial charge is 0.273 e. The van der Waals surface area contributed by atoms with E-state index in [-0.39, 0.29) is 17.7 Å². The number of carbonyl (C=O) groups excluding carboxylic acids is 2. The Morgan fingerprint density at radius 2 is 2.00 bits per heavy atom. The first-order valence-electron chi connectivity index (χ1n) is 5.02. The van der Waals surface area contributed by atoms with Gasteiger partial charge in [0.1, 0.15) is 0 Å². The summed E-state index contributed by atoms with van der Waals surface area (Å²) in [6.07, 6.45) is 1.83. The zero-order valence-corrected chi connectivity index (χ0v) is 10.1. The Bertz CT molecular complexity index is 430. The Labute approximate surface area is 102 Å². The number of rotatable bonds is 2. The van der Waals surface area contributed by atoms with Crippen molar-refractivity contribution < 1.29 is 9.59 Å². The topological polar surface area (TPSA) is 58.2 Å². The molecule has 2 amide bonds. The molecule has 0 radical (unpaired) electrons. The fraction of sp³-hybridized carbons (Fsp3) is 0.273. The van der Waals surface area contributed by atoms with Crippen LogP contribution in [-0.2, 0) is 4.79 Å². The maximum atomic E-state index is 11.6. The second-order valence-corrected chi connectivity index (χ2v) is 4.64. The predicted molar refractivity (Wildman–Crippen MR) is 62.5 cm³/mol. The smallest absolute Gasteiger partial charge is 0.269 e. The molecule has 0 spiro atoms. The van der Waals surface area contributed by atoms with Crippen molar-refractivity contribution in [1.82, 2.24) is 10.9 Å². The Morgan fingerprint density at radius 1 is 1.25 bits per heavy atom. The molecule has 1 aromatic carbocycles. The maximum absolute atomic E-state index is 11.6. The van der Waals surface area contributed by atoms with E-state index in [4.69, 9.17) is 0 Å². The average molecular weight is 283 g/mol. The van der Waals surface area contributed by atoms with Crippen LogP contribution < -0.4 is 10.9 Å². The summed E-state index contributed by atoms with van der Waals surface area (Å²) < 4.78 is 0.827. The standard InChI is InChI=1S/C11H11BrN2O2/c12-9-3-1-2-8(6-9)11(16)14-13-10(15)7-4-5-7/h1-3,6-7H,4-5H2,(H,13,15)(H,14,16). The van der Waals surface area contributed by atoms with Crippen molar-refractivity contribution in [3.8, 4) is 0 Å². The van der Waals surface area contributed by atoms with E-state index in [0.717, 1.165) is 17.3 Å². The molecule has 0 heterocycles. The number of hydrazine groups is 1. The number of hydrogen-bond acceptors (Lipinski definition) is 2. The van der Waals surface area contributed by atoms with E-state index >= 15 is 0 Å². The van der Waals surface area contributed by atoms with Gasteiger partial charge in [0.05, 0.1) is 0 Å². The summed E-state index contributed by atoms with van der Waals surface area (Å²) in [4.78, 5) is 22.9. The third-order valence-electron chi connectivity index (χ3n) is 2.33. The van der Waals surface area contributed by atoms with Crippen LogP contribution in [0.4, 0.5) is 0 Å². The molecule has 2 rings (SSSR count). The lowest BCUT2D eigenvalue weighted by molar-refractivity contribution is -0.123. The van der Waals surface area contributed by atoms with Crippen molar-refractivity contribution in [1.29, 1.82) is 0 Å². The first kappa shape index (κ1) is 11.1. The average Bonchev–Trinajstić information content (AvgIpc) is 3.09. The molecule has 0 aliphatic heterocycles. The highest BCUT2D eigenvalue weighted by Gasteiger charge is 2.29. The molecule has 1 fully saturated rings. The van der Waals surface area contributed by atoms with E-state index in [2.05, 4.69) is 26.8 Å². The summed E-state index contributed by atoms with van der Waals surface area (Å²) in [5, 5.41) is 0. The molecule has 0 unspecified atom stereocenters. The van der Waals surface area contributed by atoms with Crippen molar-refractivity contribution in [2.45, 2.75) is 12.8 Å². The van der Waals surface area contributed by atoms with Crippen LogP contribution in [0.3, 0.4) is 0 Å². The number of benzene rings is 1. The van der Waals surface area contributed by atoms with Gasteiger partial charge in [0.25, 0.3) is 5.91 Å². The van der Waals surface area contributed by atoms with E-state index < -0.39 is 0 Å². The normalized spacial score (nSPS) is 14.3. The van der Waals surface area contributed by atoms with E-state index in [1.807, 2.05) is 6.07 Å². The van der Waals surface area contributed by atoms with E-state index in [1.54, 1.807) is 18.2 Å². The molecule has 1 aliphatic rings. The maximum Gasteiger partial charge on any atom is 0.269 e. The Morgan fingerprint density at radius 3 is 2.62 bits per heavy atom. The molecule has 1 aliphatic carbocycles. The lowest BCUT2D eigenvalue weighted by Crippen LogP contribution is -2.42. The van der Waals surface area contributed by atoms with Gasteiger partial charge in [-0.1, -0.05) is 22.0 Å². The number of nitrogens with one attached hydrogen (secondary N) is 2. The minimum absolute atomic E-state index is 0.0859. The van der Waals surface area contributed by atoms with Crippen LogP contribution in [0.15, 0.2) is 28.7 Å². The predicted octanol–water partition coefficient (Wildman–Crippen LogP) is 1.62. The van der Waals surface area contributed by atoms with Gasteiger partial charge in [0.15, 0.2) is 0 Å². The first-order valence-corrected chi connectivity index (χ1v) is 5.82. The molecule has 1 aromatic rings. The van der Waals surface area contributed by atoms with Crippen LogP contribution in [0.2, 0.25) is 0 Å². The van der Waals surface area contributed by atoms with Crippen LogP contribution in [0.25, 0.3) is 0 Å². The summed E-state index contributed by atoms with van der Waals surface area (Å²) in [7, 11) is 0. The van der Waals surface area contributed by atoms with E-state index in [9.17, 15) is 9.59 Å². The number of hydrogen-bond donors (Lipinski definition) is 2. The fourth-order valence-corrected chi connectivity index (χ4v) is 1.67. The molecule has 1 saturated carbocycles. The van der Waals surface area contributed by atoms with E-state index in [1.165, 1.54) is 0 Å². The minimum Gasteiger partial charge on any atom is -0.273 e. The highest BCUT2D eigenvalue weighted by atomic mass is 79.9. The van der Waals surface area contributed by atoms with Gasteiger partial charge in [-0.2, -0.15) is 0 Å². The van der Waals surface area contributed by atoms with Crippen LogP contribution >= 0.6 is 15.9 Å². The summed E-state index contributed by atoms with van der Waals surface area (Å²) in [5.41, 5.74) is 5.30. The SMILES string of the molecule is O=C(NNC(=O)C1CC1)c1cccc(Br)c1. The molecular weight excluding hydrogens is 272 g/mol. The molecule has 16 heavy (non-hydrogen) atoms. The molecule has 0 bridgehead atoms. The highest BCUT2D eigenvalue weighted by molar-refractivity contribution is 9.10. The quantitative estimate of drug-likeness (QED) is 0.810. The second kappa shape index (κ2) is 4.65. The molecular formula is C11H11BrN2O2. The van der Waals surface area contributed by atoms with Crippen LogP contribution in [0.5, 0.6) is 0 Å². The minimum atomic E-state index is -0.310. The lowest BCUT2D eigenvalue weighted by atomic mass is 10.2. The van der Waals surface area contributed by atoms with Crippen molar-refractivity contribution in [2.75, 3.05) is 0 Å². The summed E-state index contributed by atoms with van der Waals surface area (Å²) >= 11 is 3.28. The van der Waals surface area contributed by atoms with Gasteiger partial charge in [-0.15, -0.1) is 0 Å². The first-order chi connectivity index (χ1) is 7.66. The molecule has 5 heteroatoms. The summed E-state index contributed by atoms with van der Waals surface area (Å²) in [5.74, 6) is -0.332. The second-order valence-electron chi connectivity index (χ2n) is 3.73. The van der Waals surface area contributed by atoms with Gasteiger partial charge in [-0.25, -0.2) is 0 Å². The van der Waals surface area contributed by atoms with Crippen molar-refractivity contribution in [3.05, 3.63) is 34.3 Å². The Kier molecular flexibility index (Phi) is 3.24. The molecule has 2 N–H and O–H groups in total. The van der Waals surface area contributed by atoms with Crippen molar-refractivity contribution in [2.24, 2.45) is 5.92 Å². The zero-order chi connectivity index (χ0) is 11.5. The number of amides is 2. The van der Waals surface area contributed by atoms with E-state index in [0.29, 0.717) is 5.56 Å². The van der Waals surface area contributed by atoms with Gasteiger partial charge in [0.2, 0.25) is 5.91 Å². The highest BCUT2D eigenvalue weighted by Crippen LogP contribution is 2.28. The van der Waals surface area contributed by atoms with Gasteiger partial charge >= 0.3 is 0 Å². The molecule has 0 saturated heterocycles. The van der Waals surface area contributed by atoms with Gasteiger partial charge in [-0.3, -0.25) is 20.4 Å². The molecule has 0 atom stereocenters. The molecule has 4 nitrogen and oxygen atoms in total. The van der Waals surface area contributed by atoms with Gasteiger partial charge < -0.3 is 0 Å². The fourth-order valence-electron chi connectivity index (χ4n) is 1.27. The van der Waals surface area contributed by atoms with Crippen molar-refractivity contribution >= 4 is 27.7 Å². The van der Waals surface area contributed by atoms with Gasteiger partial charge in [-0.05, 0) is 31.0 Å². The monoisotopic (exact) mass is 282 g/mol. The van der Waals surface area contributed by atoms with Crippen molar-refractivity contribution in [3.63, 3.8) is 0 Å². The Balaban J connectivity index is 1.89. The lowest BCUT2D eigenvalue weighted by Gasteiger charge is -2.06. The van der Waals surface area contributed by atoms with Crippen LogP contribution in [-0.4, -0.2) is 11.8 Å². The molecule has 84 valence electrons. The third kappa shape index (κ3) is 2.82. The summed E-state index contributed by atoms with van der Waals surface area (Å²) in [6.45, 7) is 0. The zero-order valence-electron chi connectivity index (χ0n) is 8.50. The Hall–Kier alpha value is -1.36. The number of carbonyl (C=O) groups is 2. The van der Waals surface area contributed by atoms with Gasteiger partial charge in [0, 0.05) is 16.0 Å². The summed E-state index contributed by atoms with van der Waals surface area (Å²) in [6, 6.07) is 6.98. The van der Waals surface area contributed by atoms with Crippen LogP contribution in [0, 0.1) is 5.92 Å². The van der Waals surface area contributed by atoms with Crippen LogP contribution in [0.1, 0.15) is 23.2 Å².